The first-order valence-electron chi connectivity index (χ1n) is 41.4. The van der Waals surface area contributed by atoms with Crippen LogP contribution in [-0.4, -0.2) is 68.5 Å². The number of unbranched alkanes of at least 4 members (excludes halogenated alkanes) is 61. The average molecular weight is 1320 g/mol. The van der Waals surface area contributed by atoms with Crippen molar-refractivity contribution in [3.8, 4) is 0 Å². The van der Waals surface area contributed by atoms with Gasteiger partial charge in [-0.15, -0.1) is 0 Å². The number of amides is 1. The Hall–Kier alpha value is -1.28. The third kappa shape index (κ3) is 76.1. The number of nitrogens with one attached hydrogen (secondary N) is 1. The van der Waals surface area contributed by atoms with Crippen molar-refractivity contribution in [2.24, 2.45) is 0 Å². The van der Waals surface area contributed by atoms with Gasteiger partial charge in [0.15, 0.2) is 0 Å². The van der Waals surface area contributed by atoms with Gasteiger partial charge in [0.25, 0.3) is 7.82 Å². The molecule has 92 heavy (non-hydrogen) atoms. The van der Waals surface area contributed by atoms with Gasteiger partial charge in [-0.3, -0.25) is 9.36 Å². The summed E-state index contributed by atoms with van der Waals surface area (Å²) in [6.45, 7) is 4.69. The molecule has 1 amide bonds. The van der Waals surface area contributed by atoms with Crippen LogP contribution in [0.25, 0.3) is 0 Å². The Morgan fingerprint density at radius 2 is 0.609 bits per heavy atom. The van der Waals surface area contributed by atoms with Crippen molar-refractivity contribution in [1.29, 1.82) is 0 Å². The number of aliphatic hydroxyl groups is 1. The molecule has 0 aromatic heterocycles. The maximum absolute atomic E-state index is 13.1. The van der Waals surface area contributed by atoms with E-state index in [2.05, 4.69) is 43.5 Å². The van der Waals surface area contributed by atoms with E-state index in [1.54, 1.807) is 6.08 Å². The predicted molar refractivity (Wildman–Crippen MR) is 404 cm³/mol. The van der Waals surface area contributed by atoms with Crippen LogP contribution in [0.1, 0.15) is 438 Å². The molecule has 0 aromatic carbocycles. The molecule has 0 fully saturated rings. The summed E-state index contributed by atoms with van der Waals surface area (Å²) in [5.74, 6) is -0.202. The number of rotatable bonds is 78. The summed E-state index contributed by atoms with van der Waals surface area (Å²) >= 11 is 0. The quantitative estimate of drug-likeness (QED) is 0.0272. The molecule has 0 rings (SSSR count). The van der Waals surface area contributed by atoms with Gasteiger partial charge in [0.2, 0.25) is 5.91 Å². The Kier molecular flexibility index (Phi) is 72.9. The molecule has 0 aliphatic rings. The van der Waals surface area contributed by atoms with E-state index in [0.29, 0.717) is 17.4 Å². The molecular formula is C83H163N2O6P. The second-order valence-electron chi connectivity index (χ2n) is 29.8. The van der Waals surface area contributed by atoms with Crippen LogP contribution >= 0.6 is 7.82 Å². The zero-order chi connectivity index (χ0) is 66.9. The third-order valence-corrected chi connectivity index (χ3v) is 20.3. The van der Waals surface area contributed by atoms with Crippen molar-refractivity contribution in [2.75, 3.05) is 40.9 Å². The lowest BCUT2D eigenvalue weighted by Crippen LogP contribution is -2.45. The molecule has 2 N–H and O–H groups in total. The van der Waals surface area contributed by atoms with E-state index in [0.717, 1.165) is 44.9 Å². The maximum Gasteiger partial charge on any atom is 0.268 e. The number of phosphoric ester groups is 1. The van der Waals surface area contributed by atoms with Gasteiger partial charge in [0, 0.05) is 6.42 Å². The minimum Gasteiger partial charge on any atom is -0.756 e. The topological polar surface area (TPSA) is 108 Å². The maximum atomic E-state index is 13.1. The van der Waals surface area contributed by atoms with Crippen LogP contribution in [0.5, 0.6) is 0 Å². The highest BCUT2D eigenvalue weighted by Gasteiger charge is 2.23. The van der Waals surface area contributed by atoms with Crippen LogP contribution in [0.4, 0.5) is 0 Å². The van der Waals surface area contributed by atoms with Crippen molar-refractivity contribution >= 4 is 13.7 Å². The molecule has 0 saturated heterocycles. The molecule has 0 aliphatic carbocycles. The Morgan fingerprint density at radius 3 is 0.880 bits per heavy atom. The first-order chi connectivity index (χ1) is 45.0. The van der Waals surface area contributed by atoms with Crippen molar-refractivity contribution in [3.63, 3.8) is 0 Å². The number of carbonyl (C=O) groups excluding carboxylic acids is 1. The number of hydrogen-bond acceptors (Lipinski definition) is 6. The molecule has 3 atom stereocenters. The molecule has 0 saturated carbocycles. The fraction of sp³-hybridized carbons (Fsp3) is 0.916. The van der Waals surface area contributed by atoms with Crippen LogP contribution in [-0.2, 0) is 18.4 Å². The zero-order valence-electron chi connectivity index (χ0n) is 62.8. The van der Waals surface area contributed by atoms with E-state index < -0.39 is 26.6 Å². The summed E-state index contributed by atoms with van der Waals surface area (Å²) in [7, 11) is 1.26. The highest BCUT2D eigenvalue weighted by atomic mass is 31.2. The number of nitrogens with zero attached hydrogens (tertiary/aromatic N) is 1. The van der Waals surface area contributed by atoms with Gasteiger partial charge in [0.05, 0.1) is 39.9 Å². The largest absolute Gasteiger partial charge is 0.756 e. The molecule has 0 heterocycles. The van der Waals surface area contributed by atoms with Crippen LogP contribution in [0.3, 0.4) is 0 Å². The first kappa shape index (κ1) is 90.7. The van der Waals surface area contributed by atoms with E-state index in [1.807, 2.05) is 27.2 Å². The molecule has 3 unspecified atom stereocenters. The number of phosphoric acid groups is 1. The van der Waals surface area contributed by atoms with Gasteiger partial charge in [-0.05, 0) is 44.9 Å². The number of aliphatic hydroxyl groups excluding tert-OH is 1. The minimum absolute atomic E-state index is 0.00691. The number of hydrogen-bond donors (Lipinski definition) is 2. The number of carbonyl (C=O) groups is 1. The van der Waals surface area contributed by atoms with Crippen molar-refractivity contribution in [2.45, 2.75) is 450 Å². The summed E-state index contributed by atoms with van der Waals surface area (Å²) in [4.78, 5) is 25.7. The lowest BCUT2D eigenvalue weighted by Gasteiger charge is -2.29. The summed E-state index contributed by atoms with van der Waals surface area (Å²) in [5, 5.41) is 14.0. The Morgan fingerprint density at radius 1 is 0.370 bits per heavy atom. The molecule has 0 aliphatic heterocycles. The Labute approximate surface area is 576 Å². The van der Waals surface area contributed by atoms with Crippen LogP contribution in [0.15, 0.2) is 36.5 Å². The summed E-state index contributed by atoms with van der Waals surface area (Å²) in [6.07, 6.45) is 101. The molecule has 0 spiro atoms. The van der Waals surface area contributed by atoms with E-state index in [4.69, 9.17) is 9.05 Å². The lowest BCUT2D eigenvalue weighted by molar-refractivity contribution is -0.870. The minimum atomic E-state index is -4.62. The van der Waals surface area contributed by atoms with Gasteiger partial charge >= 0.3 is 0 Å². The van der Waals surface area contributed by atoms with E-state index in [9.17, 15) is 19.4 Å². The molecule has 9 heteroatoms. The highest BCUT2D eigenvalue weighted by molar-refractivity contribution is 7.45. The van der Waals surface area contributed by atoms with Gasteiger partial charge < -0.3 is 28.8 Å². The predicted octanol–water partition coefficient (Wildman–Crippen LogP) is 26.5. The van der Waals surface area contributed by atoms with E-state index in [-0.39, 0.29) is 12.5 Å². The molecule has 8 nitrogen and oxygen atoms in total. The molecular weight excluding hydrogens is 1150 g/mol. The number of allylic oxidation sites excluding steroid dienone is 5. The molecule has 546 valence electrons. The Bertz CT molecular complexity index is 1600. The smallest absolute Gasteiger partial charge is 0.268 e. The van der Waals surface area contributed by atoms with Crippen LogP contribution in [0, 0.1) is 0 Å². The lowest BCUT2D eigenvalue weighted by atomic mass is 10.0. The van der Waals surface area contributed by atoms with Crippen molar-refractivity contribution < 1.29 is 32.9 Å². The van der Waals surface area contributed by atoms with Crippen LogP contribution in [0.2, 0.25) is 0 Å². The standard InChI is InChI=1S/C83H163N2O6P/c1-6-8-10-12-14-16-18-20-22-24-26-28-30-32-34-36-38-39-40-41-42-43-44-45-46-47-49-51-53-55-57-59-61-63-65-67-69-71-73-75-77-83(87)84-81(80-91-92(88,89)90-79-78-85(3,4)5)82(86)76-74-72-70-68-66-64-62-60-58-56-54-52-50-48-37-35-33-31-29-27-25-23-21-19-17-15-13-11-9-7-2/h58,60,66,68,74,76,81-82,86H,6-57,59,61-65,67,69-73,75,77-80H2,1-5H3,(H-,84,87,88,89)/b60-58+,68-66+,76-74+. The fourth-order valence-corrected chi connectivity index (χ4v) is 13.7. The van der Waals surface area contributed by atoms with E-state index in [1.165, 1.54) is 372 Å². The zero-order valence-corrected chi connectivity index (χ0v) is 63.7. The van der Waals surface area contributed by atoms with Crippen molar-refractivity contribution in [3.05, 3.63) is 36.5 Å². The summed E-state index contributed by atoms with van der Waals surface area (Å²) in [6, 6.07) is -0.911. The highest BCUT2D eigenvalue weighted by Crippen LogP contribution is 2.38. The van der Waals surface area contributed by atoms with Gasteiger partial charge in [-0.25, -0.2) is 0 Å². The monoisotopic (exact) mass is 1320 g/mol. The SMILES string of the molecule is CCCCCCCCCCCCCCCCCCCCCC/C=C/CC/C=C/CC/C=C/C(O)C(COP(=O)([O-])OCC[N+](C)(C)C)NC(=O)CCCCCCCCCCCCCCCCCCCCCCCCCCCCCCCCCCCCCCCCCC. The molecule has 0 bridgehead atoms. The van der Waals surface area contributed by atoms with Gasteiger partial charge in [-0.2, -0.15) is 0 Å². The van der Waals surface area contributed by atoms with Gasteiger partial charge in [-0.1, -0.05) is 423 Å². The Balaban J connectivity index is 3.94. The fourth-order valence-electron chi connectivity index (χ4n) is 13.0. The van der Waals surface area contributed by atoms with E-state index >= 15 is 0 Å². The summed E-state index contributed by atoms with van der Waals surface area (Å²) in [5.41, 5.74) is 0. The second-order valence-corrected chi connectivity index (χ2v) is 31.2. The van der Waals surface area contributed by atoms with Crippen LogP contribution < -0.4 is 10.2 Å². The molecule has 0 radical (unpaired) electrons. The van der Waals surface area contributed by atoms with Crippen molar-refractivity contribution in [1.82, 2.24) is 5.32 Å². The summed E-state index contributed by atoms with van der Waals surface area (Å²) < 4.78 is 23.5. The average Bonchev–Trinajstić information content (AvgIpc) is 3.24. The number of likely N-dealkylation sites (N-methyl/N-ethyl adjacent to an activating group) is 1. The van der Waals surface area contributed by atoms with Gasteiger partial charge in [0.1, 0.15) is 13.2 Å². The second kappa shape index (κ2) is 74.0. The molecule has 0 aromatic rings. The first-order valence-corrected chi connectivity index (χ1v) is 42.8. The number of quaternary nitrogens is 1. The normalized spacial score (nSPS) is 13.6. The third-order valence-electron chi connectivity index (χ3n) is 19.3.